The minimum atomic E-state index is 0.216. The SMILES string of the molecule is Cc1ccc2c(C(=O)C[NH+]3CCCC[C@H]3CCO)c(C)[nH]c2c1. The van der Waals surface area contributed by atoms with E-state index in [1.165, 1.54) is 23.3 Å². The fraction of sp³-hybridized carbons (Fsp3) is 0.526. The molecular formula is C19H27N2O2+. The number of piperidine rings is 1. The Hall–Kier alpha value is -1.65. The molecule has 0 radical (unpaired) electrons. The number of nitrogens with one attached hydrogen (secondary N) is 2. The molecule has 0 amide bonds. The third-order valence-electron chi connectivity index (χ3n) is 5.16. The molecule has 1 aliphatic rings. The van der Waals surface area contributed by atoms with Crippen molar-refractivity contribution >= 4 is 16.7 Å². The van der Waals surface area contributed by atoms with Crippen LogP contribution in [-0.2, 0) is 0 Å². The second-order valence-corrected chi connectivity index (χ2v) is 6.89. The molecular weight excluding hydrogens is 288 g/mol. The van der Waals surface area contributed by atoms with Crippen molar-refractivity contribution in [2.75, 3.05) is 19.7 Å². The van der Waals surface area contributed by atoms with E-state index in [1.807, 2.05) is 6.92 Å². The number of aryl methyl sites for hydroxylation is 2. The zero-order chi connectivity index (χ0) is 16.4. The summed E-state index contributed by atoms with van der Waals surface area (Å²) < 4.78 is 0. The van der Waals surface area contributed by atoms with Gasteiger partial charge in [-0.05, 0) is 44.7 Å². The van der Waals surface area contributed by atoms with Gasteiger partial charge in [0.1, 0.15) is 6.54 Å². The summed E-state index contributed by atoms with van der Waals surface area (Å²) in [6.07, 6.45) is 4.31. The molecule has 23 heavy (non-hydrogen) atoms. The fourth-order valence-electron chi connectivity index (χ4n) is 3.99. The van der Waals surface area contributed by atoms with Crippen LogP contribution in [0.1, 0.15) is 47.3 Å². The van der Waals surface area contributed by atoms with E-state index < -0.39 is 0 Å². The number of quaternary nitrogens is 1. The zero-order valence-corrected chi connectivity index (χ0v) is 14.1. The predicted molar refractivity (Wildman–Crippen MR) is 92.1 cm³/mol. The number of hydrogen-bond acceptors (Lipinski definition) is 2. The summed E-state index contributed by atoms with van der Waals surface area (Å²) in [6.45, 7) is 5.84. The molecule has 124 valence electrons. The number of hydrogen-bond donors (Lipinski definition) is 3. The average Bonchev–Trinajstić information content (AvgIpc) is 2.84. The lowest BCUT2D eigenvalue weighted by molar-refractivity contribution is -0.923. The quantitative estimate of drug-likeness (QED) is 0.737. The second kappa shape index (κ2) is 6.85. The fourth-order valence-corrected chi connectivity index (χ4v) is 3.99. The molecule has 4 nitrogen and oxygen atoms in total. The molecule has 2 atom stereocenters. The summed E-state index contributed by atoms with van der Waals surface area (Å²) in [4.78, 5) is 17.6. The molecule has 0 bridgehead atoms. The van der Waals surface area contributed by atoms with Crippen molar-refractivity contribution in [2.45, 2.75) is 45.6 Å². The molecule has 3 rings (SSSR count). The summed E-state index contributed by atoms with van der Waals surface area (Å²) in [7, 11) is 0. The van der Waals surface area contributed by atoms with Crippen molar-refractivity contribution in [3.05, 3.63) is 35.0 Å². The number of ketones is 1. The van der Waals surface area contributed by atoms with Gasteiger partial charge < -0.3 is 15.0 Å². The van der Waals surface area contributed by atoms with Crippen LogP contribution in [0, 0.1) is 13.8 Å². The van der Waals surface area contributed by atoms with Crippen molar-refractivity contribution in [2.24, 2.45) is 0 Å². The number of carbonyl (C=O) groups excluding carboxylic acids is 1. The smallest absolute Gasteiger partial charge is 0.219 e. The molecule has 0 spiro atoms. The third-order valence-corrected chi connectivity index (χ3v) is 5.16. The number of H-pyrrole nitrogens is 1. The molecule has 0 aliphatic carbocycles. The number of fused-ring (bicyclic) bond motifs is 1. The van der Waals surface area contributed by atoms with E-state index in [1.54, 1.807) is 0 Å². The van der Waals surface area contributed by atoms with Gasteiger partial charge in [0.25, 0.3) is 0 Å². The number of likely N-dealkylation sites (tertiary alicyclic amines) is 1. The van der Waals surface area contributed by atoms with Gasteiger partial charge in [-0.1, -0.05) is 12.1 Å². The lowest BCUT2D eigenvalue weighted by atomic mass is 9.98. The van der Waals surface area contributed by atoms with Crippen LogP contribution in [0.4, 0.5) is 0 Å². The molecule has 1 unspecified atom stereocenters. The van der Waals surface area contributed by atoms with Gasteiger partial charge in [-0.3, -0.25) is 4.79 Å². The minimum Gasteiger partial charge on any atom is -0.396 e. The lowest BCUT2D eigenvalue weighted by Crippen LogP contribution is -3.17. The van der Waals surface area contributed by atoms with Crippen LogP contribution in [0.3, 0.4) is 0 Å². The van der Waals surface area contributed by atoms with Gasteiger partial charge in [0, 0.05) is 29.6 Å². The Bertz CT molecular complexity index is 703. The maximum Gasteiger partial charge on any atom is 0.219 e. The van der Waals surface area contributed by atoms with E-state index in [0.717, 1.165) is 41.5 Å². The molecule has 4 heteroatoms. The van der Waals surface area contributed by atoms with Gasteiger partial charge in [-0.25, -0.2) is 0 Å². The topological polar surface area (TPSA) is 57.5 Å². The van der Waals surface area contributed by atoms with Crippen molar-refractivity contribution < 1.29 is 14.8 Å². The van der Waals surface area contributed by atoms with Crippen LogP contribution in [-0.4, -0.2) is 41.6 Å². The van der Waals surface area contributed by atoms with Crippen LogP contribution in [0.15, 0.2) is 18.2 Å². The van der Waals surface area contributed by atoms with E-state index in [9.17, 15) is 9.90 Å². The Morgan fingerprint density at radius 3 is 2.96 bits per heavy atom. The maximum absolute atomic E-state index is 12.9. The predicted octanol–water partition coefficient (Wildman–Crippen LogP) is 1.79. The monoisotopic (exact) mass is 315 g/mol. The first kappa shape index (κ1) is 16.2. The minimum absolute atomic E-state index is 0.216. The first-order valence-electron chi connectivity index (χ1n) is 8.67. The molecule has 1 aliphatic heterocycles. The van der Waals surface area contributed by atoms with Crippen LogP contribution in [0.5, 0.6) is 0 Å². The van der Waals surface area contributed by atoms with Crippen molar-refractivity contribution in [3.8, 4) is 0 Å². The zero-order valence-electron chi connectivity index (χ0n) is 14.1. The van der Waals surface area contributed by atoms with Crippen molar-refractivity contribution in [1.29, 1.82) is 0 Å². The maximum atomic E-state index is 12.9. The van der Waals surface area contributed by atoms with Crippen molar-refractivity contribution in [1.82, 2.24) is 4.98 Å². The van der Waals surface area contributed by atoms with Gasteiger partial charge in [0.15, 0.2) is 0 Å². The third kappa shape index (κ3) is 3.33. The number of aromatic amines is 1. The summed E-state index contributed by atoms with van der Waals surface area (Å²) in [6, 6.07) is 6.64. The Morgan fingerprint density at radius 2 is 2.17 bits per heavy atom. The number of aliphatic hydroxyl groups is 1. The number of Topliss-reactive ketones (excluding diaryl/α,β-unsaturated/α-hetero) is 1. The number of aliphatic hydroxyl groups excluding tert-OH is 1. The Morgan fingerprint density at radius 1 is 1.35 bits per heavy atom. The van der Waals surface area contributed by atoms with Crippen LogP contribution >= 0.6 is 0 Å². The highest BCUT2D eigenvalue weighted by atomic mass is 16.3. The highest BCUT2D eigenvalue weighted by molar-refractivity contribution is 6.09. The van der Waals surface area contributed by atoms with Crippen LogP contribution in [0.25, 0.3) is 10.9 Å². The normalized spacial score (nSPS) is 21.7. The van der Waals surface area contributed by atoms with Gasteiger partial charge >= 0.3 is 0 Å². The highest BCUT2D eigenvalue weighted by Gasteiger charge is 2.29. The number of aromatic nitrogens is 1. The average molecular weight is 315 g/mol. The van der Waals surface area contributed by atoms with E-state index >= 15 is 0 Å². The van der Waals surface area contributed by atoms with Gasteiger partial charge in [-0.15, -0.1) is 0 Å². The molecule has 2 aromatic rings. The van der Waals surface area contributed by atoms with Crippen molar-refractivity contribution in [3.63, 3.8) is 0 Å². The summed E-state index contributed by atoms with van der Waals surface area (Å²) >= 11 is 0. The van der Waals surface area contributed by atoms with E-state index in [4.69, 9.17) is 0 Å². The molecule has 1 fully saturated rings. The van der Waals surface area contributed by atoms with E-state index in [2.05, 4.69) is 30.1 Å². The Balaban J connectivity index is 1.84. The first-order chi connectivity index (χ1) is 11.1. The second-order valence-electron chi connectivity index (χ2n) is 6.89. The van der Waals surface area contributed by atoms with E-state index in [-0.39, 0.29) is 12.4 Å². The van der Waals surface area contributed by atoms with E-state index in [0.29, 0.717) is 12.6 Å². The summed E-state index contributed by atoms with van der Waals surface area (Å²) in [5.74, 6) is 0.220. The molecule has 0 saturated carbocycles. The Labute approximate surface area is 137 Å². The molecule has 1 saturated heterocycles. The standard InChI is InChI=1S/C19H26N2O2/c1-13-6-7-16-17(11-13)20-14(2)19(16)18(23)12-21-9-4-3-5-15(21)8-10-22/h6-7,11,15,20,22H,3-5,8-10,12H2,1-2H3/p+1/t15-/m0/s1. The largest absolute Gasteiger partial charge is 0.396 e. The highest BCUT2D eigenvalue weighted by Crippen LogP contribution is 2.23. The number of rotatable bonds is 5. The number of carbonyl (C=O) groups is 1. The van der Waals surface area contributed by atoms with Gasteiger partial charge in [0.2, 0.25) is 5.78 Å². The summed E-state index contributed by atoms with van der Waals surface area (Å²) in [5.41, 5.74) is 4.06. The molecule has 2 heterocycles. The first-order valence-corrected chi connectivity index (χ1v) is 8.67. The van der Waals surface area contributed by atoms with Crippen LogP contribution in [0.2, 0.25) is 0 Å². The number of benzene rings is 1. The van der Waals surface area contributed by atoms with Gasteiger partial charge in [0.05, 0.1) is 18.2 Å². The van der Waals surface area contributed by atoms with Crippen LogP contribution < -0.4 is 4.90 Å². The Kier molecular flexibility index (Phi) is 4.83. The lowest BCUT2D eigenvalue weighted by Gasteiger charge is -2.31. The molecule has 1 aromatic heterocycles. The summed E-state index contributed by atoms with van der Waals surface area (Å²) in [5, 5.41) is 10.3. The molecule has 3 N–H and O–H groups in total. The molecule has 1 aromatic carbocycles. The van der Waals surface area contributed by atoms with Gasteiger partial charge in [-0.2, -0.15) is 0 Å².